The van der Waals surface area contributed by atoms with Gasteiger partial charge in [0.15, 0.2) is 0 Å². The molecule has 0 radical (unpaired) electrons. The maximum Gasteiger partial charge on any atom is 0.0884 e. The number of aromatic nitrogens is 1. The van der Waals surface area contributed by atoms with E-state index < -0.39 is 0 Å². The van der Waals surface area contributed by atoms with Crippen LogP contribution in [0.2, 0.25) is 5.02 Å². The minimum Gasteiger partial charge on any atom is -0.378 e. The normalized spacial score (nSPS) is 10.9. The first kappa shape index (κ1) is 13.1. The Morgan fingerprint density at radius 2 is 1.85 bits per heavy atom. The Morgan fingerprint density at radius 1 is 1.05 bits per heavy atom. The first-order chi connectivity index (χ1) is 9.79. The number of para-hydroxylation sites is 1. The number of nitrogens with zero attached hydrogens (tertiary/aromatic N) is 1. The topological polar surface area (TPSA) is 22.1 Å². The van der Waals surface area contributed by atoms with E-state index in [2.05, 4.69) is 18.2 Å². The van der Waals surface area contributed by atoms with Crippen molar-refractivity contribution in [3.8, 4) is 11.1 Å². The van der Waals surface area contributed by atoms with Gasteiger partial charge in [-0.15, -0.1) is 0 Å². The van der Waals surface area contributed by atoms with Crippen molar-refractivity contribution in [2.45, 2.75) is 6.61 Å². The highest BCUT2D eigenvalue weighted by Crippen LogP contribution is 2.31. The fraction of sp³-hybridized carbons (Fsp3) is 0.118. The van der Waals surface area contributed by atoms with Crippen molar-refractivity contribution in [1.82, 2.24) is 4.98 Å². The average Bonchev–Trinajstić information content (AvgIpc) is 2.48. The molecule has 0 spiro atoms. The quantitative estimate of drug-likeness (QED) is 0.695. The number of halogens is 1. The van der Waals surface area contributed by atoms with E-state index in [1.165, 1.54) is 0 Å². The molecule has 0 amide bonds. The molecule has 3 rings (SSSR count). The largest absolute Gasteiger partial charge is 0.378 e. The summed E-state index contributed by atoms with van der Waals surface area (Å²) in [7, 11) is 1.66. The van der Waals surface area contributed by atoms with Gasteiger partial charge in [-0.1, -0.05) is 60.1 Å². The molecule has 0 saturated heterocycles. The van der Waals surface area contributed by atoms with Crippen molar-refractivity contribution in [3.63, 3.8) is 0 Å². The van der Waals surface area contributed by atoms with Crippen molar-refractivity contribution in [3.05, 3.63) is 65.3 Å². The summed E-state index contributed by atoms with van der Waals surface area (Å²) in [6.45, 7) is 0.457. The molecule has 3 aromatic rings. The van der Waals surface area contributed by atoms with E-state index in [0.29, 0.717) is 11.6 Å². The monoisotopic (exact) mass is 283 g/mol. The van der Waals surface area contributed by atoms with Gasteiger partial charge in [0.2, 0.25) is 0 Å². The molecule has 0 bridgehead atoms. The second-order valence-electron chi connectivity index (χ2n) is 4.60. The van der Waals surface area contributed by atoms with Crippen molar-refractivity contribution in [1.29, 1.82) is 0 Å². The van der Waals surface area contributed by atoms with E-state index in [9.17, 15) is 0 Å². The predicted octanol–water partition coefficient (Wildman–Crippen LogP) is 4.70. The SMILES string of the molecule is COCc1cc(Cl)c2cccc(-c3ccccc3)c2n1. The summed E-state index contributed by atoms with van der Waals surface area (Å²) in [6.07, 6.45) is 0. The maximum atomic E-state index is 6.36. The zero-order valence-corrected chi connectivity index (χ0v) is 11.9. The fourth-order valence-electron chi connectivity index (χ4n) is 2.33. The first-order valence-corrected chi connectivity index (χ1v) is 6.80. The van der Waals surface area contributed by atoms with Gasteiger partial charge >= 0.3 is 0 Å². The number of hydrogen-bond donors (Lipinski definition) is 0. The smallest absolute Gasteiger partial charge is 0.0884 e. The van der Waals surface area contributed by atoms with Crippen LogP contribution in [0.1, 0.15) is 5.69 Å². The predicted molar refractivity (Wildman–Crippen MR) is 82.9 cm³/mol. The highest BCUT2D eigenvalue weighted by molar-refractivity contribution is 6.35. The highest BCUT2D eigenvalue weighted by atomic mass is 35.5. The van der Waals surface area contributed by atoms with E-state index in [4.69, 9.17) is 21.3 Å². The molecule has 2 nitrogen and oxygen atoms in total. The minimum absolute atomic E-state index is 0.457. The van der Waals surface area contributed by atoms with Crippen LogP contribution in [-0.4, -0.2) is 12.1 Å². The molecule has 0 aliphatic heterocycles. The summed E-state index contributed by atoms with van der Waals surface area (Å²) >= 11 is 6.36. The molecule has 0 aliphatic carbocycles. The van der Waals surface area contributed by atoms with E-state index in [-0.39, 0.29) is 0 Å². The third kappa shape index (κ3) is 2.40. The lowest BCUT2D eigenvalue weighted by Gasteiger charge is -2.09. The van der Waals surface area contributed by atoms with Crippen molar-refractivity contribution >= 4 is 22.5 Å². The average molecular weight is 284 g/mol. The Hall–Kier alpha value is -1.90. The molecule has 1 heterocycles. The van der Waals surface area contributed by atoms with Crippen LogP contribution in [0.25, 0.3) is 22.0 Å². The molecule has 100 valence electrons. The van der Waals surface area contributed by atoms with Crippen LogP contribution in [0, 0.1) is 0 Å². The van der Waals surface area contributed by atoms with Crippen LogP contribution < -0.4 is 0 Å². The lowest BCUT2D eigenvalue weighted by Crippen LogP contribution is -1.95. The number of benzene rings is 2. The van der Waals surface area contributed by atoms with Crippen LogP contribution in [0.3, 0.4) is 0 Å². The summed E-state index contributed by atoms with van der Waals surface area (Å²) in [5.41, 5.74) is 3.98. The molecule has 2 aromatic carbocycles. The van der Waals surface area contributed by atoms with Gasteiger partial charge in [-0.25, -0.2) is 4.98 Å². The van der Waals surface area contributed by atoms with Crippen LogP contribution >= 0.6 is 11.6 Å². The molecule has 3 heteroatoms. The molecule has 0 fully saturated rings. The first-order valence-electron chi connectivity index (χ1n) is 6.42. The molecule has 0 N–H and O–H groups in total. The second kappa shape index (κ2) is 5.61. The summed E-state index contributed by atoms with van der Waals surface area (Å²) in [5, 5.41) is 1.67. The Balaban J connectivity index is 2.27. The minimum atomic E-state index is 0.457. The van der Waals surface area contributed by atoms with E-state index in [1.807, 2.05) is 36.4 Å². The number of rotatable bonds is 3. The van der Waals surface area contributed by atoms with E-state index in [1.54, 1.807) is 7.11 Å². The van der Waals surface area contributed by atoms with Gasteiger partial charge in [-0.05, 0) is 11.6 Å². The zero-order valence-electron chi connectivity index (χ0n) is 11.1. The summed E-state index contributed by atoms with van der Waals surface area (Å²) < 4.78 is 5.16. The highest BCUT2D eigenvalue weighted by Gasteiger charge is 2.09. The van der Waals surface area contributed by atoms with E-state index >= 15 is 0 Å². The molecular weight excluding hydrogens is 270 g/mol. The molecule has 1 aromatic heterocycles. The molecule has 0 atom stereocenters. The Labute approximate surface area is 123 Å². The maximum absolute atomic E-state index is 6.36. The third-order valence-electron chi connectivity index (χ3n) is 3.22. The van der Waals surface area contributed by atoms with Gasteiger partial charge < -0.3 is 4.74 Å². The summed E-state index contributed by atoms with van der Waals surface area (Å²) in [5.74, 6) is 0. The third-order valence-corrected chi connectivity index (χ3v) is 3.53. The van der Waals surface area contributed by atoms with Crippen LogP contribution in [0.15, 0.2) is 54.6 Å². The second-order valence-corrected chi connectivity index (χ2v) is 5.00. The Bertz CT molecular complexity index is 741. The number of hydrogen-bond acceptors (Lipinski definition) is 2. The lowest BCUT2D eigenvalue weighted by molar-refractivity contribution is 0.182. The standard InChI is InChI=1S/C17H14ClNO/c1-20-11-13-10-16(18)15-9-5-8-14(17(15)19-13)12-6-3-2-4-7-12/h2-10H,11H2,1H3. The molecular formula is C17H14ClNO. The Morgan fingerprint density at radius 3 is 2.60 bits per heavy atom. The van der Waals surface area contributed by atoms with Crippen molar-refractivity contribution < 1.29 is 4.74 Å². The van der Waals surface area contributed by atoms with Crippen molar-refractivity contribution in [2.24, 2.45) is 0 Å². The van der Waals surface area contributed by atoms with Crippen LogP contribution in [0.4, 0.5) is 0 Å². The van der Waals surface area contributed by atoms with Gasteiger partial charge in [0.05, 0.1) is 22.8 Å². The van der Waals surface area contributed by atoms with Crippen LogP contribution in [0.5, 0.6) is 0 Å². The van der Waals surface area contributed by atoms with Crippen molar-refractivity contribution in [2.75, 3.05) is 7.11 Å². The molecule has 0 aliphatic rings. The van der Waals surface area contributed by atoms with Gasteiger partial charge in [-0.3, -0.25) is 0 Å². The number of methoxy groups -OCH3 is 1. The molecule has 0 saturated carbocycles. The molecule has 0 unspecified atom stereocenters. The van der Waals surface area contributed by atoms with Crippen LogP contribution in [-0.2, 0) is 11.3 Å². The van der Waals surface area contributed by atoms with Gasteiger partial charge in [-0.2, -0.15) is 0 Å². The summed E-state index contributed by atoms with van der Waals surface area (Å²) in [4.78, 5) is 4.69. The van der Waals surface area contributed by atoms with Gasteiger partial charge in [0, 0.05) is 18.1 Å². The number of fused-ring (bicyclic) bond motifs is 1. The van der Waals surface area contributed by atoms with E-state index in [0.717, 1.165) is 27.7 Å². The molecule has 20 heavy (non-hydrogen) atoms. The fourth-order valence-corrected chi connectivity index (χ4v) is 2.61. The van der Waals surface area contributed by atoms with Gasteiger partial charge in [0.25, 0.3) is 0 Å². The summed E-state index contributed by atoms with van der Waals surface area (Å²) in [6, 6.07) is 18.1. The van der Waals surface area contributed by atoms with Gasteiger partial charge in [0.1, 0.15) is 0 Å². The lowest BCUT2D eigenvalue weighted by atomic mass is 10.0. The number of ether oxygens (including phenoxy) is 1. The zero-order chi connectivity index (χ0) is 13.9. The number of pyridine rings is 1. The Kier molecular flexibility index (Phi) is 3.68.